The van der Waals surface area contributed by atoms with Gasteiger partial charge in [-0.15, -0.1) is 0 Å². The number of rotatable bonds is 0. The summed E-state index contributed by atoms with van der Waals surface area (Å²) in [5.74, 6) is -0.583. The summed E-state index contributed by atoms with van der Waals surface area (Å²) in [6.07, 6.45) is 0. The van der Waals surface area contributed by atoms with Crippen molar-refractivity contribution in [3.05, 3.63) is 0 Å². The summed E-state index contributed by atoms with van der Waals surface area (Å²) in [5, 5.41) is 15.1. The molecule has 0 heterocycles. The summed E-state index contributed by atoms with van der Waals surface area (Å²) < 4.78 is 0.774. The Kier molecular flexibility index (Phi) is 7.18. The number of halogens is 1. The topological polar surface area (TPSA) is 46.9 Å². The molecule has 1 N–H and O–H groups in total. The van der Waals surface area contributed by atoms with Crippen LogP contribution in [0.2, 0.25) is 0 Å². The standard InChI is InChI=1S/C8H18BrS.C2H5NO/c1-7(2,3)10(9)8(4,5)6;1-2(3)4/h1-6H3;1H3,(H2,3,4)/q+1;/p-1. The second-order valence-electron chi connectivity index (χ2n) is 5.04. The monoisotopic (exact) mass is 283 g/mol. The summed E-state index contributed by atoms with van der Waals surface area (Å²) in [6.45, 7) is 14.8. The molecule has 0 saturated heterocycles. The van der Waals surface area contributed by atoms with Crippen molar-refractivity contribution in [3.63, 3.8) is 0 Å². The van der Waals surface area contributed by atoms with Crippen molar-refractivity contribution in [2.75, 3.05) is 0 Å². The van der Waals surface area contributed by atoms with Gasteiger partial charge in [-0.25, -0.2) is 0 Å². The van der Waals surface area contributed by atoms with Crippen LogP contribution in [-0.4, -0.2) is 15.4 Å². The smallest absolute Gasteiger partial charge is 0.233 e. The van der Waals surface area contributed by atoms with E-state index >= 15 is 0 Å². The molecule has 0 atom stereocenters. The number of hydrogen-bond acceptors (Lipinski definition) is 2. The van der Waals surface area contributed by atoms with Crippen LogP contribution in [0.1, 0.15) is 48.5 Å². The summed E-state index contributed by atoms with van der Waals surface area (Å²) >= 11 is 3.75. The number of hydrogen-bond donors (Lipinski definition) is 1. The molecule has 14 heavy (non-hydrogen) atoms. The zero-order chi connectivity index (χ0) is 12.2. The minimum Gasteiger partial charge on any atom is -0.862 e. The van der Waals surface area contributed by atoms with Crippen LogP contribution in [0.5, 0.6) is 0 Å². The van der Waals surface area contributed by atoms with Gasteiger partial charge in [0.05, 0.1) is 9.33 Å². The van der Waals surface area contributed by atoms with Gasteiger partial charge in [0.25, 0.3) is 0 Å². The molecule has 0 aromatic rings. The van der Waals surface area contributed by atoms with Gasteiger partial charge in [0, 0.05) is 0 Å². The van der Waals surface area contributed by atoms with Gasteiger partial charge < -0.3 is 10.5 Å². The Morgan fingerprint density at radius 1 is 1.07 bits per heavy atom. The largest absolute Gasteiger partial charge is 0.862 e. The fraction of sp³-hybridized carbons (Fsp3) is 0.900. The zero-order valence-electron chi connectivity index (χ0n) is 10.2. The first-order valence-electron chi connectivity index (χ1n) is 4.52. The van der Waals surface area contributed by atoms with Crippen molar-refractivity contribution in [2.24, 2.45) is 0 Å². The van der Waals surface area contributed by atoms with Gasteiger partial charge in [0.1, 0.15) is 9.49 Å². The lowest BCUT2D eigenvalue weighted by atomic mass is 10.2. The van der Waals surface area contributed by atoms with Crippen LogP contribution in [0, 0.1) is 5.41 Å². The van der Waals surface area contributed by atoms with Crippen molar-refractivity contribution < 1.29 is 5.11 Å². The van der Waals surface area contributed by atoms with E-state index in [0.717, 1.165) is 0 Å². The molecule has 0 aromatic heterocycles. The minimum atomic E-state index is -0.583. The molecule has 0 aliphatic carbocycles. The molecule has 0 aliphatic heterocycles. The predicted octanol–water partition coefficient (Wildman–Crippen LogP) is 2.86. The van der Waals surface area contributed by atoms with Crippen LogP contribution in [-0.2, 0) is 9.33 Å². The fourth-order valence-corrected chi connectivity index (χ4v) is 2.76. The lowest BCUT2D eigenvalue weighted by molar-refractivity contribution is -0.217. The van der Waals surface area contributed by atoms with Gasteiger partial charge in [-0.1, -0.05) is 0 Å². The molecular formula is C10H22BrNOS. The maximum absolute atomic E-state index is 9.11. The van der Waals surface area contributed by atoms with Crippen LogP contribution in [0.15, 0.2) is 0 Å². The van der Waals surface area contributed by atoms with E-state index in [9.17, 15) is 0 Å². The highest BCUT2D eigenvalue weighted by Crippen LogP contribution is 2.35. The van der Waals surface area contributed by atoms with Gasteiger partial charge in [-0.05, 0) is 54.4 Å². The second-order valence-corrected chi connectivity index (χ2v) is 9.94. The molecule has 0 bridgehead atoms. The summed E-state index contributed by atoms with van der Waals surface area (Å²) in [7, 11) is 0.308. The first kappa shape index (κ1) is 16.7. The Bertz CT molecular complexity index is 164. The van der Waals surface area contributed by atoms with Crippen LogP contribution in [0.25, 0.3) is 0 Å². The zero-order valence-corrected chi connectivity index (χ0v) is 12.6. The van der Waals surface area contributed by atoms with Crippen LogP contribution >= 0.6 is 14.8 Å². The van der Waals surface area contributed by atoms with E-state index in [0.29, 0.717) is 18.8 Å². The third-order valence-corrected chi connectivity index (χ3v) is 9.05. The normalized spacial score (nSPS) is 12.1. The van der Waals surface area contributed by atoms with Gasteiger partial charge >= 0.3 is 0 Å². The molecule has 0 saturated carbocycles. The van der Waals surface area contributed by atoms with Gasteiger partial charge in [0.2, 0.25) is 14.8 Å². The lowest BCUT2D eigenvalue weighted by Gasteiger charge is -2.25. The lowest BCUT2D eigenvalue weighted by Crippen LogP contribution is -2.37. The highest BCUT2D eigenvalue weighted by Gasteiger charge is 2.43. The maximum atomic E-state index is 9.11. The molecule has 0 radical (unpaired) electrons. The minimum absolute atomic E-state index is 0.308. The maximum Gasteiger partial charge on any atom is 0.233 e. The van der Waals surface area contributed by atoms with Crippen molar-refractivity contribution in [1.29, 1.82) is 5.41 Å². The average molecular weight is 284 g/mol. The molecule has 0 unspecified atom stereocenters. The Morgan fingerprint density at radius 3 is 1.21 bits per heavy atom. The van der Waals surface area contributed by atoms with Crippen molar-refractivity contribution in [3.8, 4) is 0 Å². The molecule has 0 rings (SSSR count). The molecule has 0 spiro atoms. The Hall–Kier alpha value is 0.300. The molecule has 0 aromatic carbocycles. The van der Waals surface area contributed by atoms with Crippen molar-refractivity contribution in [1.82, 2.24) is 0 Å². The van der Waals surface area contributed by atoms with Crippen LogP contribution < -0.4 is 5.11 Å². The molecule has 4 heteroatoms. The van der Waals surface area contributed by atoms with Gasteiger partial charge in [0.15, 0.2) is 0 Å². The molecule has 2 nitrogen and oxygen atoms in total. The highest BCUT2D eigenvalue weighted by atomic mass is 79.9. The third-order valence-electron chi connectivity index (χ3n) is 1.08. The summed E-state index contributed by atoms with van der Waals surface area (Å²) in [5.41, 5.74) is 0. The molecule has 0 amide bonds. The van der Waals surface area contributed by atoms with E-state index in [-0.39, 0.29) is 0 Å². The first-order chi connectivity index (χ1) is 5.89. The molecule has 0 aliphatic rings. The first-order valence-corrected chi connectivity index (χ1v) is 7.58. The third kappa shape index (κ3) is 10.4. The van der Waals surface area contributed by atoms with Crippen LogP contribution in [0.4, 0.5) is 0 Å². The second kappa shape index (κ2) is 6.01. The molecule has 0 fully saturated rings. The van der Waals surface area contributed by atoms with Crippen LogP contribution in [0.3, 0.4) is 0 Å². The van der Waals surface area contributed by atoms with Gasteiger partial charge in [-0.2, -0.15) is 0 Å². The summed E-state index contributed by atoms with van der Waals surface area (Å²) in [4.78, 5) is 0. The summed E-state index contributed by atoms with van der Waals surface area (Å²) in [6, 6.07) is 0. The van der Waals surface area contributed by atoms with E-state index in [1.807, 2.05) is 0 Å². The number of nitrogens with one attached hydrogen (secondary N) is 1. The average Bonchev–Trinajstić information content (AvgIpc) is 1.80. The Balaban J connectivity index is 0. The SMILES string of the molecule is CC(=N)[O-].CC(C)(C)[S+](Br)C(C)(C)C. The van der Waals surface area contributed by atoms with E-state index in [2.05, 4.69) is 56.4 Å². The molecular weight excluding hydrogens is 262 g/mol. The molecule has 86 valence electrons. The Labute approximate surface area is 98.5 Å². The van der Waals surface area contributed by atoms with Crippen molar-refractivity contribution in [2.45, 2.75) is 58.0 Å². The predicted molar refractivity (Wildman–Crippen MR) is 69.2 cm³/mol. The van der Waals surface area contributed by atoms with Gasteiger partial charge in [-0.3, -0.25) is 0 Å². The Morgan fingerprint density at radius 2 is 1.21 bits per heavy atom. The van der Waals surface area contributed by atoms with E-state index < -0.39 is 5.90 Å². The van der Waals surface area contributed by atoms with E-state index in [4.69, 9.17) is 10.5 Å². The van der Waals surface area contributed by atoms with Crippen molar-refractivity contribution >= 4 is 30.0 Å². The fourth-order valence-electron chi connectivity index (χ4n) is 0.919. The quantitative estimate of drug-likeness (QED) is 0.415. The van der Waals surface area contributed by atoms with E-state index in [1.165, 1.54) is 6.92 Å². The van der Waals surface area contributed by atoms with E-state index in [1.54, 1.807) is 0 Å². The highest BCUT2D eigenvalue weighted by molar-refractivity contribution is 9.48.